The lowest BCUT2D eigenvalue weighted by Gasteiger charge is -2.19. The van der Waals surface area contributed by atoms with Gasteiger partial charge in [-0.2, -0.15) is 5.48 Å². The minimum absolute atomic E-state index is 0.0364. The molecule has 0 saturated heterocycles. The highest BCUT2D eigenvalue weighted by Gasteiger charge is 2.11. The van der Waals surface area contributed by atoms with Crippen LogP contribution in [0.4, 0.5) is 10.1 Å². The Morgan fingerprint density at radius 1 is 1.29 bits per heavy atom. The third-order valence-corrected chi connectivity index (χ3v) is 1.74. The van der Waals surface area contributed by atoms with Gasteiger partial charge in [-0.3, -0.25) is 9.63 Å². The molecule has 0 aromatic heterocycles. The van der Waals surface area contributed by atoms with E-state index in [1.54, 1.807) is 0 Å². The van der Waals surface area contributed by atoms with Crippen LogP contribution in [0.1, 0.15) is 20.8 Å². The van der Waals surface area contributed by atoms with E-state index in [1.807, 2.05) is 20.8 Å². The first-order valence-corrected chi connectivity index (χ1v) is 5.33. The Labute approximate surface area is 100 Å². The van der Waals surface area contributed by atoms with Crippen LogP contribution in [0, 0.1) is 5.82 Å². The lowest BCUT2D eigenvalue weighted by atomic mass is 10.2. The second-order valence-corrected chi connectivity index (χ2v) is 4.59. The molecule has 0 aliphatic heterocycles. The molecule has 17 heavy (non-hydrogen) atoms. The lowest BCUT2D eigenvalue weighted by molar-refractivity contribution is -0.122. The quantitative estimate of drug-likeness (QED) is 0.792. The third kappa shape index (κ3) is 5.99. The van der Waals surface area contributed by atoms with Crippen LogP contribution >= 0.6 is 0 Å². The van der Waals surface area contributed by atoms with Gasteiger partial charge in [-0.15, -0.1) is 0 Å². The van der Waals surface area contributed by atoms with E-state index >= 15 is 0 Å². The molecule has 1 amide bonds. The van der Waals surface area contributed by atoms with Gasteiger partial charge < -0.3 is 5.32 Å². The van der Waals surface area contributed by atoms with E-state index in [1.165, 1.54) is 24.3 Å². The Morgan fingerprint density at radius 3 is 2.41 bits per heavy atom. The molecule has 0 aliphatic carbocycles. The molecule has 0 spiro atoms. The molecule has 0 radical (unpaired) electrons. The fourth-order valence-corrected chi connectivity index (χ4v) is 1.06. The Kier molecular flexibility index (Phi) is 4.60. The Morgan fingerprint density at radius 2 is 1.88 bits per heavy atom. The van der Waals surface area contributed by atoms with E-state index in [9.17, 15) is 9.18 Å². The van der Waals surface area contributed by atoms with Crippen LogP contribution in [0.3, 0.4) is 0 Å². The fourth-order valence-electron chi connectivity index (χ4n) is 1.06. The number of carbonyl (C=O) groups excluding carboxylic acids is 1. The highest BCUT2D eigenvalue weighted by molar-refractivity contribution is 5.92. The van der Waals surface area contributed by atoms with E-state index in [2.05, 4.69) is 10.8 Å². The van der Waals surface area contributed by atoms with Gasteiger partial charge in [-0.05, 0) is 45.0 Å². The summed E-state index contributed by atoms with van der Waals surface area (Å²) in [6.07, 6.45) is 0. The molecule has 94 valence electrons. The smallest absolute Gasteiger partial charge is 0.240 e. The molecule has 0 heterocycles. The van der Waals surface area contributed by atoms with Gasteiger partial charge in [0.05, 0.1) is 5.60 Å². The maximum atomic E-state index is 12.6. The molecule has 0 aliphatic rings. The summed E-state index contributed by atoms with van der Waals surface area (Å²) < 4.78 is 12.6. The minimum Gasteiger partial charge on any atom is -0.325 e. The van der Waals surface area contributed by atoms with Crippen LogP contribution in [0.2, 0.25) is 0 Å². The molecule has 5 heteroatoms. The first kappa shape index (κ1) is 13.6. The van der Waals surface area contributed by atoms with Crippen molar-refractivity contribution < 1.29 is 14.0 Å². The van der Waals surface area contributed by atoms with Crippen LogP contribution in [0.5, 0.6) is 0 Å². The van der Waals surface area contributed by atoms with Crippen molar-refractivity contribution in [3.05, 3.63) is 30.1 Å². The number of rotatable bonds is 4. The number of hydrogen-bond acceptors (Lipinski definition) is 3. The number of benzene rings is 1. The average Bonchev–Trinajstić information content (AvgIpc) is 2.19. The fraction of sp³-hybridized carbons (Fsp3) is 0.417. The van der Waals surface area contributed by atoms with E-state index in [4.69, 9.17) is 4.84 Å². The summed E-state index contributed by atoms with van der Waals surface area (Å²) in [6.45, 7) is 5.66. The number of anilines is 1. The number of nitrogens with one attached hydrogen (secondary N) is 2. The van der Waals surface area contributed by atoms with Crippen molar-refractivity contribution in [2.24, 2.45) is 0 Å². The van der Waals surface area contributed by atoms with Crippen molar-refractivity contribution in [2.45, 2.75) is 26.4 Å². The first-order valence-electron chi connectivity index (χ1n) is 5.33. The molecule has 0 unspecified atom stereocenters. The molecule has 0 atom stereocenters. The zero-order valence-electron chi connectivity index (χ0n) is 10.2. The van der Waals surface area contributed by atoms with Gasteiger partial charge in [0.15, 0.2) is 0 Å². The summed E-state index contributed by atoms with van der Waals surface area (Å²) in [5.74, 6) is -0.585. The van der Waals surface area contributed by atoms with Gasteiger partial charge in [-0.1, -0.05) is 0 Å². The van der Waals surface area contributed by atoms with Crippen molar-refractivity contribution in [2.75, 3.05) is 11.9 Å². The van der Waals surface area contributed by atoms with Crippen molar-refractivity contribution in [1.82, 2.24) is 5.48 Å². The lowest BCUT2D eigenvalue weighted by Crippen LogP contribution is -2.34. The largest absolute Gasteiger partial charge is 0.325 e. The molecular formula is C12H17FN2O2. The molecule has 4 nitrogen and oxygen atoms in total. The van der Waals surface area contributed by atoms with Gasteiger partial charge in [0.2, 0.25) is 5.91 Å². The number of halogens is 1. The second-order valence-electron chi connectivity index (χ2n) is 4.59. The molecule has 0 fully saturated rings. The monoisotopic (exact) mass is 240 g/mol. The van der Waals surface area contributed by atoms with Crippen LogP contribution in [0.25, 0.3) is 0 Å². The van der Waals surface area contributed by atoms with Gasteiger partial charge in [0.1, 0.15) is 12.4 Å². The molecule has 0 saturated carbocycles. The van der Waals surface area contributed by atoms with Gasteiger partial charge in [-0.25, -0.2) is 4.39 Å². The maximum Gasteiger partial charge on any atom is 0.240 e. The van der Waals surface area contributed by atoms with Crippen LogP contribution in [0.15, 0.2) is 24.3 Å². The zero-order chi connectivity index (χ0) is 12.9. The minimum atomic E-state index is -0.351. The molecule has 1 aromatic rings. The van der Waals surface area contributed by atoms with Crippen molar-refractivity contribution >= 4 is 11.6 Å². The van der Waals surface area contributed by atoms with E-state index in [0.29, 0.717) is 5.69 Å². The average molecular weight is 240 g/mol. The standard InChI is InChI=1S/C12H17FN2O2/c1-12(2,3)17-14-8-11(16)15-10-6-4-9(13)5-7-10/h4-7,14H,8H2,1-3H3,(H,15,16). The Hall–Kier alpha value is -1.46. The number of carbonyl (C=O) groups is 1. The van der Waals surface area contributed by atoms with Crippen LogP contribution in [-0.4, -0.2) is 18.1 Å². The van der Waals surface area contributed by atoms with E-state index < -0.39 is 0 Å². The van der Waals surface area contributed by atoms with Crippen LogP contribution < -0.4 is 10.8 Å². The van der Waals surface area contributed by atoms with E-state index in [-0.39, 0.29) is 23.9 Å². The van der Waals surface area contributed by atoms with Gasteiger partial charge >= 0.3 is 0 Å². The van der Waals surface area contributed by atoms with Gasteiger partial charge in [0, 0.05) is 5.69 Å². The van der Waals surface area contributed by atoms with E-state index in [0.717, 1.165) is 0 Å². The maximum absolute atomic E-state index is 12.6. The predicted molar refractivity (Wildman–Crippen MR) is 63.9 cm³/mol. The number of amides is 1. The summed E-state index contributed by atoms with van der Waals surface area (Å²) in [4.78, 5) is 16.6. The predicted octanol–water partition coefficient (Wildman–Crippen LogP) is 2.08. The normalized spacial score (nSPS) is 11.3. The molecular weight excluding hydrogens is 223 g/mol. The zero-order valence-corrected chi connectivity index (χ0v) is 10.2. The first-order chi connectivity index (χ1) is 7.87. The van der Waals surface area contributed by atoms with Crippen molar-refractivity contribution in [3.63, 3.8) is 0 Å². The Balaban J connectivity index is 2.32. The van der Waals surface area contributed by atoms with Crippen LogP contribution in [-0.2, 0) is 9.63 Å². The topological polar surface area (TPSA) is 50.4 Å². The highest BCUT2D eigenvalue weighted by atomic mass is 19.1. The molecule has 1 rings (SSSR count). The highest BCUT2D eigenvalue weighted by Crippen LogP contribution is 2.08. The molecule has 1 aromatic carbocycles. The molecule has 2 N–H and O–H groups in total. The number of hydroxylamine groups is 1. The second kappa shape index (κ2) is 5.75. The van der Waals surface area contributed by atoms with Gasteiger partial charge in [0.25, 0.3) is 0 Å². The third-order valence-electron chi connectivity index (χ3n) is 1.74. The molecule has 0 bridgehead atoms. The SMILES string of the molecule is CC(C)(C)ONCC(=O)Nc1ccc(F)cc1. The summed E-state index contributed by atoms with van der Waals surface area (Å²) in [5, 5.41) is 2.61. The van der Waals surface area contributed by atoms with Crippen molar-refractivity contribution in [1.29, 1.82) is 0 Å². The summed E-state index contributed by atoms with van der Waals surface area (Å²) >= 11 is 0. The summed E-state index contributed by atoms with van der Waals surface area (Å²) in [5.41, 5.74) is 2.77. The Bertz CT molecular complexity index is 371. The number of hydrogen-bond donors (Lipinski definition) is 2. The van der Waals surface area contributed by atoms with Crippen molar-refractivity contribution in [3.8, 4) is 0 Å². The summed E-state index contributed by atoms with van der Waals surface area (Å²) in [7, 11) is 0. The summed E-state index contributed by atoms with van der Waals surface area (Å²) in [6, 6.07) is 5.57.